The molecular weight excluding hydrogens is 430 g/mol. The Hall–Kier alpha value is -3.41. The number of carbonyl (C=O) groups is 2. The zero-order valence-electron chi connectivity index (χ0n) is 20.3. The lowest BCUT2D eigenvalue weighted by Crippen LogP contribution is -2.39. The van der Waals surface area contributed by atoms with Crippen molar-refractivity contribution in [3.63, 3.8) is 0 Å². The van der Waals surface area contributed by atoms with Gasteiger partial charge in [0.1, 0.15) is 17.4 Å². The van der Waals surface area contributed by atoms with Crippen molar-refractivity contribution in [3.8, 4) is 11.5 Å². The van der Waals surface area contributed by atoms with E-state index < -0.39 is 17.8 Å². The SMILES string of the molecule is COc1ccc(OC)c([C@@H]2C3=C(C[C@H](c4ccccc4)CC3=O)N=C(C)C2C(=O)OC(C)C)c1. The van der Waals surface area contributed by atoms with Gasteiger partial charge in [0.2, 0.25) is 0 Å². The van der Waals surface area contributed by atoms with Crippen molar-refractivity contribution in [2.24, 2.45) is 10.9 Å². The van der Waals surface area contributed by atoms with E-state index in [1.165, 1.54) is 0 Å². The molecule has 1 heterocycles. The highest BCUT2D eigenvalue weighted by Gasteiger charge is 2.46. The van der Waals surface area contributed by atoms with Crippen LogP contribution in [-0.4, -0.2) is 37.8 Å². The highest BCUT2D eigenvalue weighted by molar-refractivity contribution is 6.09. The molecule has 6 nitrogen and oxygen atoms in total. The quantitative estimate of drug-likeness (QED) is 0.551. The number of methoxy groups -OCH3 is 2. The second-order valence-electron chi connectivity index (χ2n) is 9.10. The molecule has 1 aliphatic heterocycles. The number of rotatable bonds is 6. The van der Waals surface area contributed by atoms with Gasteiger partial charge in [0.05, 0.1) is 20.3 Å². The van der Waals surface area contributed by atoms with E-state index in [1.807, 2.05) is 57.2 Å². The molecule has 0 N–H and O–H groups in total. The largest absolute Gasteiger partial charge is 0.497 e. The molecule has 0 bridgehead atoms. The van der Waals surface area contributed by atoms with Crippen LogP contribution in [0.5, 0.6) is 11.5 Å². The van der Waals surface area contributed by atoms with Crippen LogP contribution < -0.4 is 9.47 Å². The number of carbonyl (C=O) groups excluding carboxylic acids is 2. The Labute approximate surface area is 200 Å². The number of ether oxygens (including phenoxy) is 3. The molecule has 2 aromatic rings. The summed E-state index contributed by atoms with van der Waals surface area (Å²) in [6, 6.07) is 15.5. The fourth-order valence-corrected chi connectivity index (χ4v) is 5.05. The molecule has 0 amide bonds. The summed E-state index contributed by atoms with van der Waals surface area (Å²) >= 11 is 0. The van der Waals surface area contributed by atoms with E-state index in [4.69, 9.17) is 19.2 Å². The average Bonchev–Trinajstić information content (AvgIpc) is 2.82. The number of esters is 1. The number of benzene rings is 2. The fourth-order valence-electron chi connectivity index (χ4n) is 5.05. The van der Waals surface area contributed by atoms with Crippen LogP contribution in [0.25, 0.3) is 0 Å². The number of Topliss-reactive ketones (excluding diaryl/α,β-unsaturated/α-hetero) is 1. The summed E-state index contributed by atoms with van der Waals surface area (Å²) in [6.45, 7) is 5.47. The van der Waals surface area contributed by atoms with E-state index >= 15 is 0 Å². The van der Waals surface area contributed by atoms with E-state index in [0.29, 0.717) is 35.6 Å². The van der Waals surface area contributed by atoms with Gasteiger partial charge in [-0.25, -0.2) is 0 Å². The number of aliphatic imine (C=N–C) groups is 1. The Morgan fingerprint density at radius 2 is 1.76 bits per heavy atom. The van der Waals surface area contributed by atoms with Crippen molar-refractivity contribution < 1.29 is 23.8 Å². The molecule has 2 aliphatic rings. The standard InChI is InChI=1S/C28H31NO5/c1-16(2)34-28(31)25-17(3)29-22-13-19(18-9-7-6-8-10-18)14-23(30)27(22)26(25)21-15-20(32-4)11-12-24(21)33-5/h6-12,15-16,19,25-26H,13-14H2,1-5H3/t19-,25?,26-/m0/s1. The van der Waals surface area contributed by atoms with E-state index in [2.05, 4.69) is 0 Å². The third-order valence-electron chi connectivity index (χ3n) is 6.54. The van der Waals surface area contributed by atoms with Crippen LogP contribution in [0.1, 0.15) is 56.6 Å². The number of allylic oxidation sites excluding steroid dienone is 2. The lowest BCUT2D eigenvalue weighted by molar-refractivity contribution is -0.150. The second-order valence-corrected chi connectivity index (χ2v) is 9.10. The topological polar surface area (TPSA) is 74.2 Å². The van der Waals surface area contributed by atoms with E-state index in [9.17, 15) is 9.59 Å². The molecule has 0 saturated carbocycles. The van der Waals surface area contributed by atoms with E-state index in [-0.39, 0.29) is 17.8 Å². The molecule has 0 spiro atoms. The van der Waals surface area contributed by atoms with Crippen molar-refractivity contribution in [2.75, 3.05) is 14.2 Å². The minimum Gasteiger partial charge on any atom is -0.497 e. The molecule has 3 atom stereocenters. The van der Waals surface area contributed by atoms with Gasteiger partial charge >= 0.3 is 5.97 Å². The van der Waals surface area contributed by atoms with Crippen molar-refractivity contribution >= 4 is 17.5 Å². The lowest BCUT2D eigenvalue weighted by Gasteiger charge is -2.37. The Morgan fingerprint density at radius 3 is 2.41 bits per heavy atom. The summed E-state index contributed by atoms with van der Waals surface area (Å²) in [5.74, 6) is -0.408. The number of hydrogen-bond acceptors (Lipinski definition) is 6. The molecule has 0 aromatic heterocycles. The van der Waals surface area contributed by atoms with Crippen LogP contribution in [0, 0.1) is 5.92 Å². The first-order chi connectivity index (χ1) is 16.3. The van der Waals surface area contributed by atoms with Crippen LogP contribution in [0.4, 0.5) is 0 Å². The van der Waals surface area contributed by atoms with Gasteiger partial charge in [-0.1, -0.05) is 30.3 Å². The molecule has 178 valence electrons. The normalized spacial score (nSPS) is 22.2. The molecule has 0 fully saturated rings. The summed E-state index contributed by atoms with van der Waals surface area (Å²) < 4.78 is 16.8. The third kappa shape index (κ3) is 4.49. The van der Waals surface area contributed by atoms with E-state index in [0.717, 1.165) is 16.8 Å². The highest BCUT2D eigenvalue weighted by Crippen LogP contribution is 2.49. The summed E-state index contributed by atoms with van der Waals surface area (Å²) in [5.41, 5.74) is 3.80. The Kier molecular flexibility index (Phi) is 6.87. The van der Waals surface area contributed by atoms with Gasteiger partial charge in [-0.15, -0.1) is 0 Å². The monoisotopic (exact) mass is 461 g/mol. The number of hydrogen-bond donors (Lipinski definition) is 0. The minimum absolute atomic E-state index is 0.00331. The maximum Gasteiger partial charge on any atom is 0.315 e. The minimum atomic E-state index is -0.723. The summed E-state index contributed by atoms with van der Waals surface area (Å²) in [7, 11) is 3.17. The molecule has 0 radical (unpaired) electrons. The molecule has 34 heavy (non-hydrogen) atoms. The van der Waals surface area contributed by atoms with Crippen molar-refractivity contribution in [2.45, 2.75) is 51.6 Å². The molecule has 6 heteroatoms. The molecule has 1 aliphatic carbocycles. The van der Waals surface area contributed by atoms with Crippen LogP contribution in [-0.2, 0) is 14.3 Å². The van der Waals surface area contributed by atoms with Crippen molar-refractivity contribution in [1.29, 1.82) is 0 Å². The Bertz CT molecular complexity index is 1150. The average molecular weight is 462 g/mol. The first-order valence-corrected chi connectivity index (χ1v) is 11.6. The smallest absolute Gasteiger partial charge is 0.315 e. The van der Waals surface area contributed by atoms with Gasteiger partial charge in [-0.05, 0) is 56.9 Å². The zero-order valence-corrected chi connectivity index (χ0v) is 20.3. The Morgan fingerprint density at radius 1 is 1.03 bits per heavy atom. The number of ketones is 1. The lowest BCUT2D eigenvalue weighted by atomic mass is 9.69. The molecule has 2 aromatic carbocycles. The van der Waals surface area contributed by atoms with Gasteiger partial charge in [-0.2, -0.15) is 0 Å². The first-order valence-electron chi connectivity index (χ1n) is 11.6. The molecule has 1 unspecified atom stereocenters. The third-order valence-corrected chi connectivity index (χ3v) is 6.54. The zero-order chi connectivity index (χ0) is 24.4. The maximum atomic E-state index is 13.7. The van der Waals surface area contributed by atoms with Crippen LogP contribution in [0.2, 0.25) is 0 Å². The predicted octanol–water partition coefficient (Wildman–Crippen LogP) is 5.23. The molecule has 0 saturated heterocycles. The molecular formula is C28H31NO5. The van der Waals surface area contributed by atoms with Crippen LogP contribution in [0.3, 0.4) is 0 Å². The van der Waals surface area contributed by atoms with Gasteiger partial charge in [0.15, 0.2) is 5.78 Å². The van der Waals surface area contributed by atoms with Gasteiger partial charge < -0.3 is 14.2 Å². The molecule has 4 rings (SSSR count). The van der Waals surface area contributed by atoms with Crippen molar-refractivity contribution in [1.82, 2.24) is 0 Å². The van der Waals surface area contributed by atoms with Crippen molar-refractivity contribution in [3.05, 3.63) is 70.9 Å². The van der Waals surface area contributed by atoms with Crippen LogP contribution in [0.15, 0.2) is 64.8 Å². The summed E-state index contributed by atoms with van der Waals surface area (Å²) in [5, 5.41) is 0. The second kappa shape index (κ2) is 9.84. The van der Waals surface area contributed by atoms with Gasteiger partial charge in [-0.3, -0.25) is 14.6 Å². The van der Waals surface area contributed by atoms with Gasteiger partial charge in [0.25, 0.3) is 0 Å². The highest BCUT2D eigenvalue weighted by atomic mass is 16.5. The predicted molar refractivity (Wildman–Crippen MR) is 131 cm³/mol. The van der Waals surface area contributed by atoms with E-state index in [1.54, 1.807) is 26.4 Å². The fraction of sp³-hybridized carbons (Fsp3) is 0.393. The first kappa shape index (κ1) is 23.7. The maximum absolute atomic E-state index is 13.7. The summed E-state index contributed by atoms with van der Waals surface area (Å²) in [4.78, 5) is 31.8. The summed E-state index contributed by atoms with van der Waals surface area (Å²) in [6.07, 6.45) is 0.719. The van der Waals surface area contributed by atoms with Gasteiger partial charge in [0, 0.05) is 34.9 Å². The number of nitrogens with zero attached hydrogens (tertiary/aromatic N) is 1. The van der Waals surface area contributed by atoms with Crippen LogP contribution >= 0.6 is 0 Å². The Balaban J connectivity index is 1.87.